The molecule has 1 aromatic carbocycles. The minimum Gasteiger partial charge on any atom is -0.496 e. The second-order valence-electron chi connectivity index (χ2n) is 4.37. The van der Waals surface area contributed by atoms with Crippen LogP contribution in [0, 0.1) is 6.92 Å². The fourth-order valence-electron chi connectivity index (χ4n) is 2.04. The molecule has 7 heteroatoms. The summed E-state index contributed by atoms with van der Waals surface area (Å²) in [4.78, 5) is 8.28. The highest BCUT2D eigenvalue weighted by Gasteiger charge is 2.09. The molecule has 102 valence electrons. The van der Waals surface area contributed by atoms with Gasteiger partial charge < -0.3 is 15.8 Å². The lowest BCUT2D eigenvalue weighted by Crippen LogP contribution is -2.01. The normalized spacial score (nSPS) is 10.7. The molecule has 3 rings (SSSR count). The Balaban J connectivity index is 2.00. The van der Waals surface area contributed by atoms with Crippen LogP contribution in [0.15, 0.2) is 24.4 Å². The predicted octanol–water partition coefficient (Wildman–Crippen LogP) is 2.00. The number of aryl methyl sites for hydroxylation is 1. The number of nitrogens with two attached hydrogens (primary N) is 1. The SMILES string of the molecule is COc1ccc(Nc2nc(N)nc3[nH]ncc23)cc1C. The second-order valence-corrected chi connectivity index (χ2v) is 4.37. The first-order valence-corrected chi connectivity index (χ1v) is 6.05. The minimum atomic E-state index is 0.189. The zero-order valence-electron chi connectivity index (χ0n) is 11.1. The average molecular weight is 270 g/mol. The molecular formula is C13H14N6O. The van der Waals surface area contributed by atoms with Gasteiger partial charge in [-0.1, -0.05) is 0 Å². The number of nitrogens with one attached hydrogen (secondary N) is 2. The summed E-state index contributed by atoms with van der Waals surface area (Å²) >= 11 is 0. The first-order valence-electron chi connectivity index (χ1n) is 6.05. The molecule has 0 aliphatic heterocycles. The van der Waals surface area contributed by atoms with Crippen molar-refractivity contribution in [3.63, 3.8) is 0 Å². The summed E-state index contributed by atoms with van der Waals surface area (Å²) in [7, 11) is 1.65. The molecule has 2 aromatic heterocycles. The lowest BCUT2D eigenvalue weighted by molar-refractivity contribution is 0.412. The number of hydrogen-bond donors (Lipinski definition) is 3. The van der Waals surface area contributed by atoms with E-state index < -0.39 is 0 Å². The molecule has 0 radical (unpaired) electrons. The van der Waals surface area contributed by atoms with Gasteiger partial charge in [0.05, 0.1) is 18.7 Å². The van der Waals surface area contributed by atoms with Gasteiger partial charge in [-0.15, -0.1) is 0 Å². The van der Waals surface area contributed by atoms with E-state index in [-0.39, 0.29) is 5.95 Å². The minimum absolute atomic E-state index is 0.189. The maximum absolute atomic E-state index is 5.68. The van der Waals surface area contributed by atoms with E-state index in [2.05, 4.69) is 25.5 Å². The van der Waals surface area contributed by atoms with Crippen molar-refractivity contribution in [3.8, 4) is 5.75 Å². The molecule has 0 saturated carbocycles. The van der Waals surface area contributed by atoms with E-state index in [4.69, 9.17) is 10.5 Å². The van der Waals surface area contributed by atoms with Crippen molar-refractivity contribution in [2.24, 2.45) is 0 Å². The molecule has 0 atom stereocenters. The van der Waals surface area contributed by atoms with E-state index in [0.717, 1.165) is 22.4 Å². The highest BCUT2D eigenvalue weighted by Crippen LogP contribution is 2.26. The number of aromatic amines is 1. The quantitative estimate of drug-likeness (QED) is 0.672. The highest BCUT2D eigenvalue weighted by atomic mass is 16.5. The molecule has 2 heterocycles. The van der Waals surface area contributed by atoms with Crippen molar-refractivity contribution in [1.29, 1.82) is 0 Å². The van der Waals surface area contributed by atoms with Gasteiger partial charge in [-0.05, 0) is 30.7 Å². The van der Waals surface area contributed by atoms with Crippen molar-refractivity contribution >= 4 is 28.5 Å². The Hall–Kier alpha value is -2.83. The largest absolute Gasteiger partial charge is 0.496 e. The van der Waals surface area contributed by atoms with Crippen LogP contribution >= 0.6 is 0 Å². The fourth-order valence-corrected chi connectivity index (χ4v) is 2.04. The maximum Gasteiger partial charge on any atom is 0.224 e. The van der Waals surface area contributed by atoms with E-state index in [1.165, 1.54) is 0 Å². The van der Waals surface area contributed by atoms with Gasteiger partial charge in [0.15, 0.2) is 5.65 Å². The summed E-state index contributed by atoms with van der Waals surface area (Å²) in [5.41, 5.74) is 8.21. The van der Waals surface area contributed by atoms with Gasteiger partial charge in [0.1, 0.15) is 11.6 Å². The van der Waals surface area contributed by atoms with Crippen LogP contribution in [0.25, 0.3) is 11.0 Å². The van der Waals surface area contributed by atoms with Crippen LogP contribution in [0.2, 0.25) is 0 Å². The standard InChI is InChI=1S/C13H14N6O/c1-7-5-8(3-4-10(7)20-2)16-11-9-6-15-19-12(9)18-13(14)17-11/h3-6H,1-2H3,(H4,14,15,16,17,18,19). The molecule has 20 heavy (non-hydrogen) atoms. The van der Waals surface area contributed by atoms with Crippen molar-refractivity contribution < 1.29 is 4.74 Å². The summed E-state index contributed by atoms with van der Waals surface area (Å²) in [6, 6.07) is 5.79. The van der Waals surface area contributed by atoms with E-state index in [9.17, 15) is 0 Å². The highest BCUT2D eigenvalue weighted by molar-refractivity contribution is 5.88. The van der Waals surface area contributed by atoms with Crippen LogP contribution in [0.1, 0.15) is 5.56 Å². The molecule has 0 spiro atoms. The number of nitrogens with zero attached hydrogens (tertiary/aromatic N) is 3. The van der Waals surface area contributed by atoms with Gasteiger partial charge in [0, 0.05) is 5.69 Å². The second kappa shape index (κ2) is 4.69. The van der Waals surface area contributed by atoms with Crippen LogP contribution in [-0.4, -0.2) is 27.3 Å². The van der Waals surface area contributed by atoms with Crippen molar-refractivity contribution in [3.05, 3.63) is 30.0 Å². The molecule has 3 aromatic rings. The van der Waals surface area contributed by atoms with Crippen LogP contribution in [-0.2, 0) is 0 Å². The number of methoxy groups -OCH3 is 1. The molecule has 0 unspecified atom stereocenters. The third-order valence-corrected chi connectivity index (χ3v) is 2.98. The number of nitrogen functional groups attached to an aromatic ring is 1. The molecule has 0 saturated heterocycles. The lowest BCUT2D eigenvalue weighted by Gasteiger charge is -2.10. The summed E-state index contributed by atoms with van der Waals surface area (Å²) in [5, 5.41) is 10.7. The topological polar surface area (TPSA) is 102 Å². The number of aromatic nitrogens is 4. The van der Waals surface area contributed by atoms with Crippen molar-refractivity contribution in [2.45, 2.75) is 6.92 Å². The van der Waals surface area contributed by atoms with Gasteiger partial charge in [-0.3, -0.25) is 5.10 Å². The molecule has 0 bridgehead atoms. The Morgan fingerprint density at radius 1 is 1.30 bits per heavy atom. The number of benzene rings is 1. The van der Waals surface area contributed by atoms with E-state index in [1.54, 1.807) is 13.3 Å². The summed E-state index contributed by atoms with van der Waals surface area (Å²) in [5.74, 6) is 1.64. The maximum atomic E-state index is 5.68. The number of hydrogen-bond acceptors (Lipinski definition) is 6. The molecular weight excluding hydrogens is 256 g/mol. The molecule has 0 aliphatic rings. The number of H-pyrrole nitrogens is 1. The Bertz CT molecular complexity index is 767. The number of fused-ring (bicyclic) bond motifs is 1. The summed E-state index contributed by atoms with van der Waals surface area (Å²) < 4.78 is 5.24. The van der Waals surface area contributed by atoms with Crippen molar-refractivity contribution in [1.82, 2.24) is 20.2 Å². The summed E-state index contributed by atoms with van der Waals surface area (Å²) in [6.45, 7) is 1.98. The summed E-state index contributed by atoms with van der Waals surface area (Å²) in [6.07, 6.45) is 1.66. The van der Waals surface area contributed by atoms with E-state index in [1.807, 2.05) is 25.1 Å². The van der Waals surface area contributed by atoms with E-state index in [0.29, 0.717) is 11.5 Å². The first kappa shape index (κ1) is 12.2. The Morgan fingerprint density at radius 2 is 2.15 bits per heavy atom. The monoisotopic (exact) mass is 270 g/mol. The van der Waals surface area contributed by atoms with Crippen LogP contribution in [0.5, 0.6) is 5.75 Å². The lowest BCUT2D eigenvalue weighted by atomic mass is 10.2. The smallest absolute Gasteiger partial charge is 0.224 e. The molecule has 0 fully saturated rings. The molecule has 4 N–H and O–H groups in total. The third kappa shape index (κ3) is 2.09. The number of ether oxygens (including phenoxy) is 1. The van der Waals surface area contributed by atoms with Gasteiger partial charge in [-0.25, -0.2) is 0 Å². The Morgan fingerprint density at radius 3 is 2.90 bits per heavy atom. The van der Waals surface area contributed by atoms with Crippen LogP contribution in [0.4, 0.5) is 17.5 Å². The number of rotatable bonds is 3. The zero-order valence-corrected chi connectivity index (χ0v) is 11.1. The predicted molar refractivity (Wildman–Crippen MR) is 77.1 cm³/mol. The molecule has 7 nitrogen and oxygen atoms in total. The zero-order chi connectivity index (χ0) is 14.1. The fraction of sp³-hybridized carbons (Fsp3) is 0.154. The van der Waals surface area contributed by atoms with Crippen molar-refractivity contribution in [2.75, 3.05) is 18.2 Å². The number of anilines is 3. The Labute approximate surface area is 115 Å². The van der Waals surface area contributed by atoms with Gasteiger partial charge in [-0.2, -0.15) is 15.1 Å². The molecule has 0 amide bonds. The molecule has 0 aliphatic carbocycles. The van der Waals surface area contributed by atoms with Crippen LogP contribution in [0.3, 0.4) is 0 Å². The average Bonchev–Trinajstić information content (AvgIpc) is 2.87. The van der Waals surface area contributed by atoms with Crippen LogP contribution < -0.4 is 15.8 Å². The van der Waals surface area contributed by atoms with E-state index >= 15 is 0 Å². The van der Waals surface area contributed by atoms with Gasteiger partial charge >= 0.3 is 0 Å². The van der Waals surface area contributed by atoms with Gasteiger partial charge in [0.25, 0.3) is 0 Å². The first-order chi connectivity index (χ1) is 9.67. The Kier molecular flexibility index (Phi) is 2.86. The third-order valence-electron chi connectivity index (χ3n) is 2.98. The van der Waals surface area contributed by atoms with Gasteiger partial charge in [0.2, 0.25) is 5.95 Å².